The molecule has 0 aliphatic carbocycles. The van der Waals surface area contributed by atoms with Gasteiger partial charge in [-0.1, -0.05) is 66.6 Å². The number of hydrogen-bond acceptors (Lipinski definition) is 1. The standard InChI is InChI=1S/C18H22O/c1-4-17(19)18(15-9-5-13(2)6-10-15)16-11-7-14(3)8-12-16/h5-12,17-19H,4H2,1-3H3. The first-order chi connectivity index (χ1) is 9.11. The Hall–Kier alpha value is -1.60. The molecule has 1 nitrogen and oxygen atoms in total. The molecular weight excluding hydrogens is 232 g/mol. The van der Waals surface area contributed by atoms with Crippen LogP contribution in [0.15, 0.2) is 48.5 Å². The van der Waals surface area contributed by atoms with Crippen LogP contribution in [0.2, 0.25) is 0 Å². The fourth-order valence-corrected chi connectivity index (χ4v) is 2.42. The molecule has 1 N–H and O–H groups in total. The first kappa shape index (κ1) is 13.8. The van der Waals surface area contributed by atoms with Gasteiger partial charge in [-0.15, -0.1) is 0 Å². The summed E-state index contributed by atoms with van der Waals surface area (Å²) >= 11 is 0. The Morgan fingerprint density at radius 2 is 1.16 bits per heavy atom. The first-order valence-corrected chi connectivity index (χ1v) is 6.93. The molecule has 1 heteroatoms. The van der Waals surface area contributed by atoms with Crippen molar-refractivity contribution >= 4 is 0 Å². The molecule has 0 aliphatic rings. The van der Waals surface area contributed by atoms with E-state index in [2.05, 4.69) is 62.4 Å². The van der Waals surface area contributed by atoms with Crippen molar-refractivity contribution in [3.8, 4) is 0 Å². The van der Waals surface area contributed by atoms with Gasteiger partial charge in [-0.05, 0) is 31.4 Å². The predicted octanol–water partition coefficient (Wildman–Crippen LogP) is 4.21. The molecule has 100 valence electrons. The van der Waals surface area contributed by atoms with Crippen molar-refractivity contribution in [3.63, 3.8) is 0 Å². The largest absolute Gasteiger partial charge is 0.392 e. The van der Waals surface area contributed by atoms with E-state index in [0.717, 1.165) is 6.42 Å². The van der Waals surface area contributed by atoms with Crippen molar-refractivity contribution in [1.82, 2.24) is 0 Å². The molecule has 0 heterocycles. The minimum atomic E-state index is -0.342. The van der Waals surface area contributed by atoms with Gasteiger partial charge in [0.05, 0.1) is 6.10 Å². The summed E-state index contributed by atoms with van der Waals surface area (Å²) in [4.78, 5) is 0. The van der Waals surface area contributed by atoms with Crippen molar-refractivity contribution in [2.24, 2.45) is 0 Å². The molecule has 19 heavy (non-hydrogen) atoms. The van der Waals surface area contributed by atoms with Crippen molar-refractivity contribution in [3.05, 3.63) is 70.8 Å². The number of aliphatic hydroxyl groups excluding tert-OH is 1. The Kier molecular flexibility index (Phi) is 4.39. The normalized spacial score (nSPS) is 12.7. The van der Waals surface area contributed by atoms with Crippen LogP contribution in [-0.2, 0) is 0 Å². The van der Waals surface area contributed by atoms with Crippen LogP contribution >= 0.6 is 0 Å². The van der Waals surface area contributed by atoms with Gasteiger partial charge in [-0.3, -0.25) is 0 Å². The Morgan fingerprint density at radius 3 is 1.47 bits per heavy atom. The fourth-order valence-electron chi connectivity index (χ4n) is 2.42. The van der Waals surface area contributed by atoms with Gasteiger partial charge in [0.1, 0.15) is 0 Å². The predicted molar refractivity (Wildman–Crippen MR) is 80.5 cm³/mol. The van der Waals surface area contributed by atoms with Gasteiger partial charge in [0.2, 0.25) is 0 Å². The number of benzene rings is 2. The second-order valence-electron chi connectivity index (χ2n) is 5.27. The average molecular weight is 254 g/mol. The molecule has 0 fully saturated rings. The SMILES string of the molecule is CCC(O)C(c1ccc(C)cc1)c1ccc(C)cc1. The molecule has 2 aromatic carbocycles. The van der Waals surface area contributed by atoms with Gasteiger partial charge < -0.3 is 5.11 Å². The zero-order chi connectivity index (χ0) is 13.8. The zero-order valence-corrected chi connectivity index (χ0v) is 11.9. The fraction of sp³-hybridized carbons (Fsp3) is 0.333. The Labute approximate surface area is 115 Å². The van der Waals surface area contributed by atoms with Crippen molar-refractivity contribution < 1.29 is 5.11 Å². The summed E-state index contributed by atoms with van der Waals surface area (Å²) in [5.41, 5.74) is 4.86. The highest BCUT2D eigenvalue weighted by Crippen LogP contribution is 2.30. The van der Waals surface area contributed by atoms with E-state index in [4.69, 9.17) is 0 Å². The second kappa shape index (κ2) is 6.03. The molecule has 0 spiro atoms. The maximum Gasteiger partial charge on any atom is 0.0646 e. The lowest BCUT2D eigenvalue weighted by atomic mass is 9.85. The number of hydrogen-bond donors (Lipinski definition) is 1. The number of rotatable bonds is 4. The van der Waals surface area contributed by atoms with Gasteiger partial charge in [0, 0.05) is 5.92 Å². The van der Waals surface area contributed by atoms with Crippen LogP contribution in [0.1, 0.15) is 41.5 Å². The third-order valence-electron chi connectivity index (χ3n) is 3.68. The lowest BCUT2D eigenvalue weighted by Gasteiger charge is -2.23. The van der Waals surface area contributed by atoms with Crippen LogP contribution in [0, 0.1) is 13.8 Å². The van der Waals surface area contributed by atoms with Crippen LogP contribution in [0.5, 0.6) is 0 Å². The van der Waals surface area contributed by atoms with Gasteiger partial charge >= 0.3 is 0 Å². The van der Waals surface area contributed by atoms with E-state index in [1.807, 2.05) is 6.92 Å². The van der Waals surface area contributed by atoms with E-state index in [1.165, 1.54) is 22.3 Å². The molecule has 0 radical (unpaired) electrons. The Bertz CT molecular complexity index is 465. The third kappa shape index (κ3) is 3.24. The molecule has 0 saturated carbocycles. The topological polar surface area (TPSA) is 20.2 Å². The van der Waals surface area contributed by atoms with Crippen LogP contribution in [0.4, 0.5) is 0 Å². The molecule has 0 aliphatic heterocycles. The van der Waals surface area contributed by atoms with Crippen molar-refractivity contribution in [2.75, 3.05) is 0 Å². The van der Waals surface area contributed by atoms with E-state index in [0.29, 0.717) is 0 Å². The van der Waals surface area contributed by atoms with Crippen LogP contribution in [-0.4, -0.2) is 11.2 Å². The van der Waals surface area contributed by atoms with Crippen molar-refractivity contribution in [2.45, 2.75) is 39.2 Å². The van der Waals surface area contributed by atoms with Crippen LogP contribution < -0.4 is 0 Å². The lowest BCUT2D eigenvalue weighted by molar-refractivity contribution is 0.152. The Balaban J connectivity index is 2.41. The highest BCUT2D eigenvalue weighted by molar-refractivity contribution is 5.36. The third-order valence-corrected chi connectivity index (χ3v) is 3.68. The molecule has 0 bridgehead atoms. The lowest BCUT2D eigenvalue weighted by Crippen LogP contribution is -2.18. The summed E-state index contributed by atoms with van der Waals surface area (Å²) in [6.45, 7) is 6.20. The van der Waals surface area contributed by atoms with E-state index < -0.39 is 0 Å². The van der Waals surface area contributed by atoms with E-state index in [9.17, 15) is 5.11 Å². The summed E-state index contributed by atoms with van der Waals surface area (Å²) in [6.07, 6.45) is 0.414. The summed E-state index contributed by atoms with van der Waals surface area (Å²) in [5.74, 6) is 0.0613. The monoisotopic (exact) mass is 254 g/mol. The quantitative estimate of drug-likeness (QED) is 0.866. The molecule has 2 aromatic rings. The summed E-state index contributed by atoms with van der Waals surface area (Å²) in [6, 6.07) is 16.9. The summed E-state index contributed by atoms with van der Waals surface area (Å²) in [5, 5.41) is 10.4. The van der Waals surface area contributed by atoms with Gasteiger partial charge in [-0.25, -0.2) is 0 Å². The minimum absolute atomic E-state index is 0.0613. The van der Waals surface area contributed by atoms with Crippen LogP contribution in [0.3, 0.4) is 0 Å². The van der Waals surface area contributed by atoms with Gasteiger partial charge in [-0.2, -0.15) is 0 Å². The molecule has 0 aromatic heterocycles. The highest BCUT2D eigenvalue weighted by Gasteiger charge is 2.21. The number of aliphatic hydroxyl groups is 1. The van der Waals surface area contributed by atoms with Crippen LogP contribution in [0.25, 0.3) is 0 Å². The van der Waals surface area contributed by atoms with Gasteiger partial charge in [0.25, 0.3) is 0 Å². The highest BCUT2D eigenvalue weighted by atomic mass is 16.3. The number of aryl methyl sites for hydroxylation is 2. The maximum absolute atomic E-state index is 10.4. The average Bonchev–Trinajstić information content (AvgIpc) is 2.43. The summed E-state index contributed by atoms with van der Waals surface area (Å²) < 4.78 is 0. The molecule has 1 atom stereocenters. The first-order valence-electron chi connectivity index (χ1n) is 6.93. The van der Waals surface area contributed by atoms with Gasteiger partial charge in [0.15, 0.2) is 0 Å². The molecule has 0 saturated heterocycles. The molecule has 1 unspecified atom stereocenters. The Morgan fingerprint density at radius 1 is 0.789 bits per heavy atom. The van der Waals surface area contributed by atoms with E-state index in [1.54, 1.807) is 0 Å². The smallest absolute Gasteiger partial charge is 0.0646 e. The molecule has 0 amide bonds. The molecular formula is C18H22O. The van der Waals surface area contributed by atoms with E-state index in [-0.39, 0.29) is 12.0 Å². The van der Waals surface area contributed by atoms with Crippen molar-refractivity contribution in [1.29, 1.82) is 0 Å². The van der Waals surface area contributed by atoms with E-state index >= 15 is 0 Å². The minimum Gasteiger partial charge on any atom is -0.392 e. The summed E-state index contributed by atoms with van der Waals surface area (Å²) in [7, 11) is 0. The maximum atomic E-state index is 10.4. The second-order valence-corrected chi connectivity index (χ2v) is 5.27. The zero-order valence-electron chi connectivity index (χ0n) is 11.9. The molecule has 2 rings (SSSR count).